The number of methoxy groups -OCH3 is 2. The SMILES string of the molecule is COc1ccc(OC)c(C(=O)NC(CBr)CC(C)C)c1. The molecule has 0 aliphatic heterocycles. The number of nitrogens with one attached hydrogen (secondary N) is 1. The monoisotopic (exact) mass is 343 g/mol. The highest BCUT2D eigenvalue weighted by Crippen LogP contribution is 2.24. The Morgan fingerprint density at radius 1 is 1.30 bits per heavy atom. The molecule has 0 fully saturated rings. The van der Waals surface area contributed by atoms with Gasteiger partial charge in [-0.1, -0.05) is 29.8 Å². The maximum Gasteiger partial charge on any atom is 0.255 e. The van der Waals surface area contributed by atoms with Crippen molar-refractivity contribution in [2.24, 2.45) is 5.92 Å². The van der Waals surface area contributed by atoms with Crippen molar-refractivity contribution in [3.05, 3.63) is 23.8 Å². The van der Waals surface area contributed by atoms with E-state index in [2.05, 4.69) is 35.1 Å². The Morgan fingerprint density at radius 2 is 2.00 bits per heavy atom. The molecule has 1 aromatic carbocycles. The van der Waals surface area contributed by atoms with E-state index in [1.165, 1.54) is 0 Å². The Hall–Kier alpha value is -1.23. The number of alkyl halides is 1. The van der Waals surface area contributed by atoms with Crippen LogP contribution in [0.4, 0.5) is 0 Å². The van der Waals surface area contributed by atoms with Crippen molar-refractivity contribution in [2.75, 3.05) is 19.5 Å². The second-order valence-corrected chi connectivity index (χ2v) is 5.67. The second-order valence-electron chi connectivity index (χ2n) is 5.02. The van der Waals surface area contributed by atoms with Crippen molar-refractivity contribution >= 4 is 21.8 Å². The summed E-state index contributed by atoms with van der Waals surface area (Å²) in [5.41, 5.74) is 0.488. The van der Waals surface area contributed by atoms with E-state index < -0.39 is 0 Å². The molecule has 4 nitrogen and oxygen atoms in total. The first-order valence-corrected chi connectivity index (χ1v) is 7.72. The van der Waals surface area contributed by atoms with Crippen LogP contribution >= 0.6 is 15.9 Å². The van der Waals surface area contributed by atoms with Crippen molar-refractivity contribution < 1.29 is 14.3 Å². The maximum atomic E-state index is 12.4. The van der Waals surface area contributed by atoms with Gasteiger partial charge in [0.15, 0.2) is 0 Å². The van der Waals surface area contributed by atoms with Gasteiger partial charge in [-0.3, -0.25) is 4.79 Å². The predicted octanol–water partition coefficient (Wildman–Crippen LogP) is 3.24. The van der Waals surface area contributed by atoms with Crippen LogP contribution in [0.2, 0.25) is 0 Å². The molecule has 1 atom stereocenters. The van der Waals surface area contributed by atoms with Crippen LogP contribution in [0.15, 0.2) is 18.2 Å². The zero-order valence-corrected chi connectivity index (χ0v) is 14.0. The summed E-state index contributed by atoms with van der Waals surface area (Å²) in [5, 5.41) is 3.74. The van der Waals surface area contributed by atoms with E-state index in [-0.39, 0.29) is 11.9 Å². The summed E-state index contributed by atoms with van der Waals surface area (Å²) in [4.78, 5) is 12.4. The molecule has 0 aliphatic carbocycles. The number of hydrogen-bond acceptors (Lipinski definition) is 3. The average Bonchev–Trinajstić information content (AvgIpc) is 2.45. The van der Waals surface area contributed by atoms with Crippen LogP contribution in [0.25, 0.3) is 0 Å². The Bertz CT molecular complexity index is 449. The van der Waals surface area contributed by atoms with Gasteiger partial charge < -0.3 is 14.8 Å². The molecule has 1 aromatic rings. The first-order valence-electron chi connectivity index (χ1n) is 6.60. The largest absolute Gasteiger partial charge is 0.497 e. The Balaban J connectivity index is 2.89. The van der Waals surface area contributed by atoms with Gasteiger partial charge in [0, 0.05) is 11.4 Å². The van der Waals surface area contributed by atoms with E-state index in [1.54, 1.807) is 32.4 Å². The molecule has 20 heavy (non-hydrogen) atoms. The minimum atomic E-state index is -0.147. The summed E-state index contributed by atoms with van der Waals surface area (Å²) in [6, 6.07) is 5.29. The summed E-state index contributed by atoms with van der Waals surface area (Å²) < 4.78 is 10.4. The molecule has 0 radical (unpaired) electrons. The van der Waals surface area contributed by atoms with E-state index >= 15 is 0 Å². The number of rotatable bonds is 7. The van der Waals surface area contributed by atoms with E-state index in [9.17, 15) is 4.79 Å². The molecule has 0 spiro atoms. The number of ether oxygens (including phenoxy) is 2. The number of carbonyl (C=O) groups is 1. The van der Waals surface area contributed by atoms with Crippen LogP contribution < -0.4 is 14.8 Å². The molecule has 1 unspecified atom stereocenters. The highest BCUT2D eigenvalue weighted by molar-refractivity contribution is 9.09. The topological polar surface area (TPSA) is 47.6 Å². The molecule has 1 N–H and O–H groups in total. The van der Waals surface area contributed by atoms with E-state index in [0.29, 0.717) is 23.0 Å². The van der Waals surface area contributed by atoms with Crippen LogP contribution in [0.3, 0.4) is 0 Å². The fourth-order valence-electron chi connectivity index (χ4n) is 1.98. The fourth-order valence-corrected chi connectivity index (χ4v) is 2.41. The lowest BCUT2D eigenvalue weighted by atomic mass is 10.0. The Labute approximate surface area is 129 Å². The molecule has 0 heterocycles. The van der Waals surface area contributed by atoms with Gasteiger partial charge in [0.25, 0.3) is 5.91 Å². The van der Waals surface area contributed by atoms with E-state index in [0.717, 1.165) is 11.8 Å². The standard InChI is InChI=1S/C15H22BrNO3/c1-10(2)7-11(9-16)17-15(18)13-8-12(19-3)5-6-14(13)20-4/h5-6,8,10-11H,7,9H2,1-4H3,(H,17,18). The Morgan fingerprint density at radius 3 is 2.50 bits per heavy atom. The molecule has 0 saturated heterocycles. The first kappa shape index (κ1) is 16.8. The molecular formula is C15H22BrNO3. The first-order chi connectivity index (χ1) is 9.51. The van der Waals surface area contributed by atoms with Gasteiger partial charge in [0.05, 0.1) is 19.8 Å². The lowest BCUT2D eigenvalue weighted by molar-refractivity contribution is 0.0933. The van der Waals surface area contributed by atoms with Crippen LogP contribution in [-0.2, 0) is 0 Å². The van der Waals surface area contributed by atoms with Crippen molar-refractivity contribution in [1.82, 2.24) is 5.32 Å². The zero-order chi connectivity index (χ0) is 15.1. The normalized spacial score (nSPS) is 12.1. The highest BCUT2D eigenvalue weighted by Gasteiger charge is 2.18. The van der Waals surface area contributed by atoms with Crippen LogP contribution in [0, 0.1) is 5.92 Å². The third kappa shape index (κ3) is 4.71. The fraction of sp³-hybridized carbons (Fsp3) is 0.533. The van der Waals surface area contributed by atoms with Gasteiger partial charge in [-0.15, -0.1) is 0 Å². The van der Waals surface area contributed by atoms with Gasteiger partial charge in [0.2, 0.25) is 0 Å². The molecular weight excluding hydrogens is 322 g/mol. The third-order valence-electron chi connectivity index (χ3n) is 2.93. The van der Waals surface area contributed by atoms with Crippen LogP contribution in [0.1, 0.15) is 30.6 Å². The summed E-state index contributed by atoms with van der Waals surface area (Å²) in [6.45, 7) is 4.27. The molecule has 1 rings (SSSR count). The van der Waals surface area contributed by atoms with Crippen molar-refractivity contribution in [2.45, 2.75) is 26.3 Å². The van der Waals surface area contributed by atoms with Gasteiger partial charge in [-0.05, 0) is 30.5 Å². The van der Waals surface area contributed by atoms with Crippen LogP contribution in [0.5, 0.6) is 11.5 Å². The van der Waals surface area contributed by atoms with Crippen LogP contribution in [-0.4, -0.2) is 31.5 Å². The summed E-state index contributed by atoms with van der Waals surface area (Å²) in [6.07, 6.45) is 0.920. The lowest BCUT2D eigenvalue weighted by Crippen LogP contribution is -2.37. The summed E-state index contributed by atoms with van der Waals surface area (Å²) in [7, 11) is 3.12. The minimum Gasteiger partial charge on any atom is -0.497 e. The van der Waals surface area contributed by atoms with Gasteiger partial charge in [0.1, 0.15) is 11.5 Å². The zero-order valence-electron chi connectivity index (χ0n) is 12.4. The van der Waals surface area contributed by atoms with E-state index in [4.69, 9.17) is 9.47 Å². The number of hydrogen-bond donors (Lipinski definition) is 1. The van der Waals surface area contributed by atoms with Crippen molar-refractivity contribution in [3.63, 3.8) is 0 Å². The molecule has 0 bridgehead atoms. The van der Waals surface area contributed by atoms with Crippen molar-refractivity contribution in [1.29, 1.82) is 0 Å². The third-order valence-corrected chi connectivity index (χ3v) is 3.71. The molecule has 0 aromatic heterocycles. The number of halogens is 1. The van der Waals surface area contributed by atoms with Gasteiger partial charge >= 0.3 is 0 Å². The minimum absolute atomic E-state index is 0.0957. The number of amides is 1. The van der Waals surface area contributed by atoms with Gasteiger partial charge in [-0.2, -0.15) is 0 Å². The second kappa shape index (κ2) is 8.15. The summed E-state index contributed by atoms with van der Waals surface area (Å²) in [5.74, 6) is 1.55. The molecule has 1 amide bonds. The molecule has 112 valence electrons. The van der Waals surface area contributed by atoms with E-state index in [1.807, 2.05) is 0 Å². The summed E-state index contributed by atoms with van der Waals surface area (Å²) >= 11 is 3.44. The smallest absolute Gasteiger partial charge is 0.255 e. The maximum absolute atomic E-state index is 12.4. The quantitative estimate of drug-likeness (QED) is 0.773. The highest BCUT2D eigenvalue weighted by atomic mass is 79.9. The predicted molar refractivity (Wildman–Crippen MR) is 84.0 cm³/mol. The van der Waals surface area contributed by atoms with Gasteiger partial charge in [-0.25, -0.2) is 0 Å². The lowest BCUT2D eigenvalue weighted by Gasteiger charge is -2.19. The average molecular weight is 344 g/mol. The number of carbonyl (C=O) groups excluding carboxylic acids is 1. The molecule has 0 saturated carbocycles. The Kier molecular flexibility index (Phi) is 6.85. The number of benzene rings is 1. The molecule has 0 aliphatic rings. The molecule has 5 heteroatoms. The van der Waals surface area contributed by atoms with Crippen molar-refractivity contribution in [3.8, 4) is 11.5 Å².